The predicted molar refractivity (Wildman–Crippen MR) is 89.3 cm³/mol. The SMILES string of the molecule is C=C/C=C(\C=C(/C)Cl)c1n[nH]c2ccc(-c3ncn[nH]3)cc12. The van der Waals surface area contributed by atoms with Crippen molar-refractivity contribution < 1.29 is 0 Å². The van der Waals surface area contributed by atoms with Crippen LogP contribution in [-0.4, -0.2) is 25.4 Å². The molecule has 5 nitrogen and oxygen atoms in total. The summed E-state index contributed by atoms with van der Waals surface area (Å²) in [4.78, 5) is 4.18. The van der Waals surface area contributed by atoms with Gasteiger partial charge in [0.25, 0.3) is 0 Å². The molecule has 0 saturated heterocycles. The molecule has 0 aliphatic rings. The summed E-state index contributed by atoms with van der Waals surface area (Å²) in [5.74, 6) is 0.715. The first-order valence-corrected chi connectivity index (χ1v) is 7.07. The molecular weight excluding hydrogens is 298 g/mol. The summed E-state index contributed by atoms with van der Waals surface area (Å²) in [7, 11) is 0. The lowest BCUT2D eigenvalue weighted by Crippen LogP contribution is -1.85. The van der Waals surface area contributed by atoms with Crippen molar-refractivity contribution in [1.82, 2.24) is 25.4 Å². The number of rotatable bonds is 4. The molecule has 2 heterocycles. The maximum atomic E-state index is 6.01. The van der Waals surface area contributed by atoms with Gasteiger partial charge in [0.05, 0.1) is 11.2 Å². The van der Waals surface area contributed by atoms with E-state index in [4.69, 9.17) is 11.6 Å². The number of fused-ring (bicyclic) bond motifs is 1. The first-order chi connectivity index (χ1) is 10.7. The largest absolute Gasteiger partial charge is 0.277 e. The van der Waals surface area contributed by atoms with Gasteiger partial charge in [0.15, 0.2) is 5.82 Å². The minimum Gasteiger partial charge on any atom is -0.277 e. The fraction of sp³-hybridized carbons (Fsp3) is 0.0625. The van der Waals surface area contributed by atoms with E-state index in [1.54, 1.807) is 6.08 Å². The van der Waals surface area contributed by atoms with Gasteiger partial charge >= 0.3 is 0 Å². The average Bonchev–Trinajstić information content (AvgIpc) is 3.15. The summed E-state index contributed by atoms with van der Waals surface area (Å²) in [6, 6.07) is 5.94. The zero-order valence-corrected chi connectivity index (χ0v) is 12.7. The van der Waals surface area contributed by atoms with Crippen molar-refractivity contribution in [2.45, 2.75) is 6.92 Å². The Hall–Kier alpha value is -2.66. The van der Waals surface area contributed by atoms with Crippen LogP contribution in [0.1, 0.15) is 12.6 Å². The van der Waals surface area contributed by atoms with Crippen LogP contribution in [-0.2, 0) is 0 Å². The van der Waals surface area contributed by atoms with Gasteiger partial charge in [0.2, 0.25) is 0 Å². The molecule has 6 heteroatoms. The van der Waals surface area contributed by atoms with Gasteiger partial charge in [-0.15, -0.1) is 0 Å². The number of H-pyrrole nitrogens is 2. The predicted octanol–water partition coefficient (Wildman–Crippen LogP) is 4.06. The molecule has 0 fully saturated rings. The molecule has 3 rings (SSSR count). The minimum atomic E-state index is 0.677. The topological polar surface area (TPSA) is 70.2 Å². The molecule has 3 aromatic rings. The third-order valence-electron chi connectivity index (χ3n) is 3.18. The third kappa shape index (κ3) is 2.71. The summed E-state index contributed by atoms with van der Waals surface area (Å²) in [5, 5.41) is 15.8. The van der Waals surface area contributed by atoms with Crippen molar-refractivity contribution in [2.24, 2.45) is 0 Å². The molecule has 0 bridgehead atoms. The standard InChI is InChI=1S/C16H14ClN5/c1-3-4-11(7-10(2)17)15-13-8-12(16-18-9-19-22-16)5-6-14(13)20-21-15/h3-9H,1H2,2H3,(H,20,21)(H,18,19,22)/b10-7+,11-4+. The molecule has 22 heavy (non-hydrogen) atoms. The molecule has 2 N–H and O–H groups in total. The molecule has 0 saturated carbocycles. The van der Waals surface area contributed by atoms with Gasteiger partial charge in [0.1, 0.15) is 6.33 Å². The Morgan fingerprint density at radius 1 is 1.32 bits per heavy atom. The van der Waals surface area contributed by atoms with Crippen molar-refractivity contribution in [2.75, 3.05) is 0 Å². The van der Waals surface area contributed by atoms with Gasteiger partial charge in [-0.2, -0.15) is 10.2 Å². The summed E-state index contributed by atoms with van der Waals surface area (Å²) >= 11 is 6.01. The van der Waals surface area contributed by atoms with Gasteiger partial charge < -0.3 is 0 Å². The molecule has 0 radical (unpaired) electrons. The molecular formula is C16H14ClN5. The molecule has 0 unspecified atom stereocenters. The van der Waals surface area contributed by atoms with E-state index < -0.39 is 0 Å². The normalized spacial score (nSPS) is 12.8. The van der Waals surface area contributed by atoms with Crippen molar-refractivity contribution >= 4 is 28.1 Å². The Balaban J connectivity index is 2.18. The Labute approximate surface area is 132 Å². The van der Waals surface area contributed by atoms with E-state index in [9.17, 15) is 0 Å². The van der Waals surface area contributed by atoms with Crippen molar-refractivity contribution in [3.63, 3.8) is 0 Å². The molecule has 110 valence electrons. The lowest BCUT2D eigenvalue weighted by atomic mass is 10.0. The summed E-state index contributed by atoms with van der Waals surface area (Å²) in [6.07, 6.45) is 6.94. The van der Waals surface area contributed by atoms with E-state index in [1.165, 1.54) is 6.33 Å². The molecule has 0 aliphatic carbocycles. The van der Waals surface area contributed by atoms with Gasteiger partial charge in [-0.25, -0.2) is 4.98 Å². The van der Waals surface area contributed by atoms with Crippen LogP contribution in [0.4, 0.5) is 0 Å². The summed E-state index contributed by atoms with van der Waals surface area (Å²) in [6.45, 7) is 5.57. The van der Waals surface area contributed by atoms with Crippen LogP contribution in [0.3, 0.4) is 0 Å². The molecule has 0 amide bonds. The van der Waals surface area contributed by atoms with Crippen molar-refractivity contribution in [3.8, 4) is 11.4 Å². The number of aromatic nitrogens is 5. The van der Waals surface area contributed by atoms with Gasteiger partial charge in [-0.05, 0) is 31.2 Å². The third-order valence-corrected chi connectivity index (χ3v) is 3.29. The highest BCUT2D eigenvalue weighted by molar-refractivity contribution is 6.30. The second-order valence-electron chi connectivity index (χ2n) is 4.76. The number of nitrogens with zero attached hydrogens (tertiary/aromatic N) is 3. The zero-order chi connectivity index (χ0) is 15.5. The first-order valence-electron chi connectivity index (χ1n) is 6.70. The highest BCUT2D eigenvalue weighted by Gasteiger charge is 2.11. The number of aromatic amines is 2. The van der Waals surface area contributed by atoms with Crippen LogP contribution < -0.4 is 0 Å². The zero-order valence-electron chi connectivity index (χ0n) is 12.0. The number of nitrogens with one attached hydrogen (secondary N) is 2. The lowest BCUT2D eigenvalue weighted by molar-refractivity contribution is 1.10. The first kappa shape index (κ1) is 14.3. The average molecular weight is 312 g/mol. The summed E-state index contributed by atoms with van der Waals surface area (Å²) < 4.78 is 0. The number of hydrogen-bond donors (Lipinski definition) is 2. The molecule has 0 atom stereocenters. The smallest absolute Gasteiger partial charge is 0.155 e. The van der Waals surface area contributed by atoms with E-state index in [0.717, 1.165) is 27.7 Å². The maximum Gasteiger partial charge on any atom is 0.155 e. The van der Waals surface area contributed by atoms with Crippen LogP contribution in [0, 0.1) is 0 Å². The maximum absolute atomic E-state index is 6.01. The Kier molecular flexibility index (Phi) is 3.89. The van der Waals surface area contributed by atoms with Crippen LogP contribution in [0.25, 0.3) is 27.9 Å². The molecule has 2 aromatic heterocycles. The van der Waals surface area contributed by atoms with Gasteiger partial charge in [-0.1, -0.05) is 30.3 Å². The van der Waals surface area contributed by atoms with E-state index in [1.807, 2.05) is 37.3 Å². The number of halogens is 1. The summed E-state index contributed by atoms with van der Waals surface area (Å²) in [5.41, 5.74) is 3.59. The van der Waals surface area contributed by atoms with E-state index in [2.05, 4.69) is 32.0 Å². The van der Waals surface area contributed by atoms with Crippen LogP contribution in [0.15, 0.2) is 54.4 Å². The van der Waals surface area contributed by atoms with Crippen molar-refractivity contribution in [3.05, 3.63) is 60.1 Å². The fourth-order valence-electron chi connectivity index (χ4n) is 2.26. The van der Waals surface area contributed by atoms with E-state index in [0.29, 0.717) is 10.9 Å². The van der Waals surface area contributed by atoms with Crippen LogP contribution in [0.2, 0.25) is 0 Å². The number of hydrogen-bond acceptors (Lipinski definition) is 3. The Morgan fingerprint density at radius 2 is 2.18 bits per heavy atom. The second-order valence-corrected chi connectivity index (χ2v) is 5.35. The monoisotopic (exact) mass is 311 g/mol. The van der Waals surface area contributed by atoms with Crippen LogP contribution in [0.5, 0.6) is 0 Å². The highest BCUT2D eigenvalue weighted by atomic mass is 35.5. The lowest BCUT2D eigenvalue weighted by Gasteiger charge is -2.01. The molecule has 0 spiro atoms. The Bertz CT molecular complexity index is 867. The van der Waals surface area contributed by atoms with E-state index in [-0.39, 0.29) is 0 Å². The van der Waals surface area contributed by atoms with E-state index >= 15 is 0 Å². The molecule has 1 aromatic carbocycles. The van der Waals surface area contributed by atoms with Crippen molar-refractivity contribution in [1.29, 1.82) is 0 Å². The van der Waals surface area contributed by atoms with Crippen LogP contribution >= 0.6 is 11.6 Å². The van der Waals surface area contributed by atoms with Gasteiger partial charge in [-0.3, -0.25) is 10.2 Å². The fourth-order valence-corrected chi connectivity index (χ4v) is 2.38. The molecule has 0 aliphatic heterocycles. The number of benzene rings is 1. The minimum absolute atomic E-state index is 0.677. The Morgan fingerprint density at radius 3 is 2.86 bits per heavy atom. The second kappa shape index (κ2) is 5.99. The van der Waals surface area contributed by atoms with Gasteiger partial charge in [0, 0.05) is 21.6 Å². The highest BCUT2D eigenvalue weighted by Crippen LogP contribution is 2.28. The quantitative estimate of drug-likeness (QED) is 0.714. The number of allylic oxidation sites excluding steroid dienone is 5.